The van der Waals surface area contributed by atoms with E-state index in [9.17, 15) is 4.79 Å². The van der Waals surface area contributed by atoms with E-state index in [-0.39, 0.29) is 6.03 Å². The van der Waals surface area contributed by atoms with Gasteiger partial charge in [-0.3, -0.25) is 4.90 Å². The van der Waals surface area contributed by atoms with Crippen LogP contribution in [0.4, 0.5) is 10.5 Å². The van der Waals surface area contributed by atoms with Gasteiger partial charge in [-0.1, -0.05) is 18.2 Å². The first kappa shape index (κ1) is 11.5. The topological polar surface area (TPSA) is 44.4 Å². The lowest BCUT2D eigenvalue weighted by Gasteiger charge is -2.24. The fraction of sp³-hybridized carbons (Fsp3) is 0.500. The van der Waals surface area contributed by atoms with Gasteiger partial charge >= 0.3 is 6.03 Å². The Morgan fingerprint density at radius 1 is 1.39 bits per heavy atom. The van der Waals surface area contributed by atoms with Crippen molar-refractivity contribution in [2.24, 2.45) is 0 Å². The molecule has 0 saturated heterocycles. The monoisotopic (exact) mass is 245 g/mol. The molecule has 1 fully saturated rings. The number of nitrogens with zero attached hydrogens (tertiary/aromatic N) is 1. The van der Waals surface area contributed by atoms with Crippen molar-refractivity contribution < 1.29 is 4.79 Å². The van der Waals surface area contributed by atoms with E-state index >= 15 is 0 Å². The predicted molar refractivity (Wildman–Crippen MR) is 71.6 cm³/mol. The van der Waals surface area contributed by atoms with Crippen LogP contribution in [0.15, 0.2) is 24.3 Å². The molecule has 1 aliphatic heterocycles. The van der Waals surface area contributed by atoms with Crippen LogP contribution in [0.5, 0.6) is 0 Å². The molecule has 2 N–H and O–H groups in total. The van der Waals surface area contributed by atoms with Crippen LogP contribution in [0.3, 0.4) is 0 Å². The fourth-order valence-electron chi connectivity index (χ4n) is 2.32. The van der Waals surface area contributed by atoms with Crippen LogP contribution >= 0.6 is 0 Å². The van der Waals surface area contributed by atoms with Crippen molar-refractivity contribution in [3.8, 4) is 0 Å². The van der Waals surface area contributed by atoms with Gasteiger partial charge in [0.15, 0.2) is 0 Å². The number of hydrogen-bond acceptors (Lipinski definition) is 2. The summed E-state index contributed by atoms with van der Waals surface area (Å²) in [6, 6.07) is 8.87. The van der Waals surface area contributed by atoms with E-state index in [4.69, 9.17) is 0 Å². The average molecular weight is 245 g/mol. The zero-order valence-corrected chi connectivity index (χ0v) is 10.6. The SMILES string of the molecule is CC1CN(C(=O)NC2CC2)c2ccccc2CN1. The Morgan fingerprint density at radius 3 is 2.94 bits per heavy atom. The molecule has 3 rings (SSSR count). The van der Waals surface area contributed by atoms with E-state index in [1.807, 2.05) is 23.1 Å². The van der Waals surface area contributed by atoms with Crippen LogP contribution in [0.1, 0.15) is 25.3 Å². The summed E-state index contributed by atoms with van der Waals surface area (Å²) in [5, 5.41) is 6.50. The highest BCUT2D eigenvalue weighted by Crippen LogP contribution is 2.25. The molecule has 2 amide bonds. The maximum absolute atomic E-state index is 12.3. The van der Waals surface area contributed by atoms with Crippen LogP contribution in [0.25, 0.3) is 0 Å². The zero-order chi connectivity index (χ0) is 12.5. The standard InChI is InChI=1S/C14H19N3O/c1-10-9-17(14(18)16-12-6-7-12)13-5-3-2-4-11(13)8-15-10/h2-5,10,12,15H,6-9H2,1H3,(H,16,18). The predicted octanol–water partition coefficient (Wildman–Crippen LogP) is 1.86. The third kappa shape index (κ3) is 2.34. The van der Waals surface area contributed by atoms with Crippen LogP contribution in [-0.4, -0.2) is 24.7 Å². The average Bonchev–Trinajstić information content (AvgIpc) is 3.18. The molecule has 1 aliphatic carbocycles. The minimum atomic E-state index is 0.0421. The summed E-state index contributed by atoms with van der Waals surface area (Å²) >= 11 is 0. The van der Waals surface area contributed by atoms with Crippen LogP contribution < -0.4 is 15.5 Å². The molecule has 1 heterocycles. The lowest BCUT2D eigenvalue weighted by molar-refractivity contribution is 0.245. The van der Waals surface area contributed by atoms with E-state index in [0.29, 0.717) is 12.1 Å². The molecular weight excluding hydrogens is 226 g/mol. The molecule has 0 radical (unpaired) electrons. The van der Waals surface area contributed by atoms with E-state index in [1.54, 1.807) is 0 Å². The van der Waals surface area contributed by atoms with E-state index in [1.165, 1.54) is 5.56 Å². The number of fused-ring (bicyclic) bond motifs is 1. The summed E-state index contributed by atoms with van der Waals surface area (Å²) in [6.07, 6.45) is 2.24. The second-order valence-electron chi connectivity index (χ2n) is 5.25. The molecule has 0 spiro atoms. The first-order valence-corrected chi connectivity index (χ1v) is 6.63. The minimum Gasteiger partial charge on any atom is -0.335 e. The van der Waals surface area contributed by atoms with Crippen LogP contribution in [-0.2, 0) is 6.54 Å². The van der Waals surface area contributed by atoms with Gasteiger partial charge in [0.2, 0.25) is 0 Å². The number of para-hydroxylation sites is 1. The van der Waals surface area contributed by atoms with Gasteiger partial charge in [-0.2, -0.15) is 0 Å². The molecular formula is C14H19N3O. The highest BCUT2D eigenvalue weighted by molar-refractivity contribution is 5.93. The number of urea groups is 1. The third-order valence-corrected chi connectivity index (χ3v) is 3.53. The summed E-state index contributed by atoms with van der Waals surface area (Å²) in [6.45, 7) is 3.66. The quantitative estimate of drug-likeness (QED) is 0.793. The number of carbonyl (C=O) groups excluding carboxylic acids is 1. The molecule has 96 valence electrons. The van der Waals surface area contributed by atoms with E-state index in [0.717, 1.165) is 31.6 Å². The van der Waals surface area contributed by atoms with Gasteiger partial charge in [-0.25, -0.2) is 4.79 Å². The summed E-state index contributed by atoms with van der Waals surface area (Å²) < 4.78 is 0. The normalized spacial score (nSPS) is 23.2. The van der Waals surface area contributed by atoms with Gasteiger partial charge in [0.1, 0.15) is 0 Å². The number of nitrogens with one attached hydrogen (secondary N) is 2. The molecule has 4 nitrogen and oxygen atoms in total. The lowest BCUT2D eigenvalue weighted by atomic mass is 10.1. The summed E-state index contributed by atoms with van der Waals surface area (Å²) in [7, 11) is 0. The summed E-state index contributed by atoms with van der Waals surface area (Å²) in [4.78, 5) is 14.2. The lowest BCUT2D eigenvalue weighted by Crippen LogP contribution is -2.45. The Hall–Kier alpha value is -1.55. The van der Waals surface area contributed by atoms with Gasteiger partial charge < -0.3 is 10.6 Å². The molecule has 1 aromatic carbocycles. The van der Waals surface area contributed by atoms with Gasteiger partial charge in [0.05, 0.1) is 0 Å². The van der Waals surface area contributed by atoms with Crippen molar-refractivity contribution in [3.05, 3.63) is 29.8 Å². The third-order valence-electron chi connectivity index (χ3n) is 3.53. The molecule has 1 atom stereocenters. The molecule has 0 bridgehead atoms. The molecule has 4 heteroatoms. The first-order chi connectivity index (χ1) is 8.74. The molecule has 1 unspecified atom stereocenters. The number of hydrogen-bond donors (Lipinski definition) is 2. The van der Waals surface area contributed by atoms with Crippen molar-refractivity contribution in [1.29, 1.82) is 0 Å². The van der Waals surface area contributed by atoms with Crippen LogP contribution in [0, 0.1) is 0 Å². The highest BCUT2D eigenvalue weighted by Gasteiger charge is 2.29. The maximum atomic E-state index is 12.3. The molecule has 0 aromatic heterocycles. The number of rotatable bonds is 1. The smallest absolute Gasteiger partial charge is 0.322 e. The molecule has 1 aromatic rings. The molecule has 1 saturated carbocycles. The number of anilines is 1. The fourth-order valence-corrected chi connectivity index (χ4v) is 2.32. The van der Waals surface area contributed by atoms with Gasteiger partial charge in [0, 0.05) is 30.9 Å². The number of carbonyl (C=O) groups is 1. The van der Waals surface area contributed by atoms with E-state index < -0.39 is 0 Å². The maximum Gasteiger partial charge on any atom is 0.322 e. The van der Waals surface area contributed by atoms with Crippen molar-refractivity contribution >= 4 is 11.7 Å². The summed E-state index contributed by atoms with van der Waals surface area (Å²) in [5.74, 6) is 0. The largest absolute Gasteiger partial charge is 0.335 e. The van der Waals surface area contributed by atoms with E-state index in [2.05, 4.69) is 23.6 Å². The van der Waals surface area contributed by atoms with Gasteiger partial charge in [0.25, 0.3) is 0 Å². The van der Waals surface area contributed by atoms with Crippen molar-refractivity contribution in [2.45, 2.75) is 38.4 Å². The molecule has 18 heavy (non-hydrogen) atoms. The van der Waals surface area contributed by atoms with Crippen LogP contribution in [0.2, 0.25) is 0 Å². The Labute approximate surface area is 107 Å². The Balaban J connectivity index is 1.87. The second kappa shape index (κ2) is 4.61. The minimum absolute atomic E-state index is 0.0421. The number of benzene rings is 1. The van der Waals surface area contributed by atoms with Gasteiger partial charge in [-0.05, 0) is 31.4 Å². The molecule has 2 aliphatic rings. The van der Waals surface area contributed by atoms with Crippen molar-refractivity contribution in [3.63, 3.8) is 0 Å². The zero-order valence-electron chi connectivity index (χ0n) is 10.6. The van der Waals surface area contributed by atoms with Crippen molar-refractivity contribution in [1.82, 2.24) is 10.6 Å². The number of amides is 2. The van der Waals surface area contributed by atoms with Crippen molar-refractivity contribution in [2.75, 3.05) is 11.4 Å². The Kier molecular flexibility index (Phi) is 2.96. The highest BCUT2D eigenvalue weighted by atomic mass is 16.2. The second-order valence-corrected chi connectivity index (χ2v) is 5.25. The Bertz CT molecular complexity index is 456. The van der Waals surface area contributed by atoms with Gasteiger partial charge in [-0.15, -0.1) is 0 Å². The first-order valence-electron chi connectivity index (χ1n) is 6.63. The summed E-state index contributed by atoms with van der Waals surface area (Å²) in [5.41, 5.74) is 2.22. The Morgan fingerprint density at radius 2 is 2.17 bits per heavy atom.